The second-order valence-corrected chi connectivity index (χ2v) is 4.30. The minimum absolute atomic E-state index is 0. The van der Waals surface area contributed by atoms with Gasteiger partial charge in [-0.05, 0) is 28.3 Å². The van der Waals surface area contributed by atoms with Crippen molar-refractivity contribution in [2.45, 2.75) is 6.42 Å². The van der Waals surface area contributed by atoms with Crippen LogP contribution in [0, 0.1) is 0 Å². The maximum Gasteiger partial charge on any atom is -0.00196 e. The Kier molecular flexibility index (Phi) is 4.06. The lowest BCUT2D eigenvalue weighted by Crippen LogP contribution is -1.89. The fourth-order valence-electron chi connectivity index (χ4n) is 2.26. The van der Waals surface area contributed by atoms with E-state index in [2.05, 4.69) is 72.8 Å². The normalized spacial score (nSPS) is 10.0. The first-order valence-corrected chi connectivity index (χ1v) is 5.94. The second-order valence-electron chi connectivity index (χ2n) is 4.30. The molecule has 0 spiro atoms. The summed E-state index contributed by atoms with van der Waals surface area (Å²) in [6, 6.07) is 25.7. The van der Waals surface area contributed by atoms with E-state index in [1.54, 1.807) is 0 Å². The summed E-state index contributed by atoms with van der Waals surface area (Å²) in [4.78, 5) is 0. The Hall–Kier alpha value is -1.73. The summed E-state index contributed by atoms with van der Waals surface area (Å²) in [6.45, 7) is 0. The van der Waals surface area contributed by atoms with Crippen LogP contribution in [0.4, 0.5) is 0 Å². The zero-order valence-corrected chi connectivity index (χ0v) is 11.1. The van der Waals surface area contributed by atoms with Crippen LogP contribution in [0.5, 0.6) is 0 Å². The molecule has 0 saturated carbocycles. The second kappa shape index (κ2) is 5.74. The van der Waals surface area contributed by atoms with Crippen LogP contribution in [0.3, 0.4) is 0 Å². The summed E-state index contributed by atoms with van der Waals surface area (Å²) in [5.41, 5.74) is 2.76. The molecule has 0 nitrogen and oxygen atoms in total. The van der Waals surface area contributed by atoms with Gasteiger partial charge in [0.2, 0.25) is 0 Å². The molecule has 0 bridgehead atoms. The highest BCUT2D eigenvalue weighted by atomic mass is 32.1. The molecule has 3 aromatic carbocycles. The summed E-state index contributed by atoms with van der Waals surface area (Å²) in [6.07, 6.45) is 1.00. The molecule has 0 N–H and O–H groups in total. The molecule has 0 aliphatic rings. The Morgan fingerprint density at radius 2 is 1.28 bits per heavy atom. The van der Waals surface area contributed by atoms with Gasteiger partial charge in [0.05, 0.1) is 0 Å². The van der Waals surface area contributed by atoms with E-state index in [4.69, 9.17) is 0 Å². The molecule has 0 amide bonds. The van der Waals surface area contributed by atoms with Gasteiger partial charge >= 0.3 is 0 Å². The average molecular weight is 252 g/mol. The molecule has 0 heterocycles. The van der Waals surface area contributed by atoms with Crippen molar-refractivity contribution in [2.24, 2.45) is 0 Å². The maximum atomic E-state index is 2.22. The number of hydrogen-bond donors (Lipinski definition) is 0. The van der Waals surface area contributed by atoms with Crippen molar-refractivity contribution in [3.05, 3.63) is 83.9 Å². The molecular formula is C17H16S. The van der Waals surface area contributed by atoms with E-state index in [1.165, 1.54) is 21.9 Å². The van der Waals surface area contributed by atoms with Crippen molar-refractivity contribution >= 4 is 24.3 Å². The van der Waals surface area contributed by atoms with E-state index in [-0.39, 0.29) is 13.5 Å². The highest BCUT2D eigenvalue weighted by Gasteiger charge is 2.00. The van der Waals surface area contributed by atoms with Gasteiger partial charge in [-0.25, -0.2) is 0 Å². The lowest BCUT2D eigenvalue weighted by Gasteiger charge is -2.06. The van der Waals surface area contributed by atoms with Gasteiger partial charge in [0.25, 0.3) is 0 Å². The van der Waals surface area contributed by atoms with Gasteiger partial charge < -0.3 is 0 Å². The molecule has 3 rings (SSSR count). The minimum atomic E-state index is 0. The molecular weight excluding hydrogens is 236 g/mol. The van der Waals surface area contributed by atoms with Crippen LogP contribution in [-0.4, -0.2) is 0 Å². The predicted octanol–water partition coefficient (Wildman–Crippen LogP) is 4.54. The van der Waals surface area contributed by atoms with Crippen LogP contribution in [0.1, 0.15) is 11.1 Å². The van der Waals surface area contributed by atoms with Crippen LogP contribution < -0.4 is 0 Å². The van der Waals surface area contributed by atoms with Gasteiger partial charge in [-0.3, -0.25) is 0 Å². The third kappa shape index (κ3) is 2.57. The molecule has 3 aromatic rings. The highest BCUT2D eigenvalue weighted by molar-refractivity contribution is 7.59. The first-order chi connectivity index (χ1) is 8.43. The molecule has 0 aliphatic carbocycles. The van der Waals surface area contributed by atoms with Crippen LogP contribution in [0.2, 0.25) is 0 Å². The van der Waals surface area contributed by atoms with Crippen molar-refractivity contribution in [3.8, 4) is 0 Å². The molecule has 0 aromatic heterocycles. The summed E-state index contributed by atoms with van der Waals surface area (Å²) in [5.74, 6) is 0. The lowest BCUT2D eigenvalue weighted by molar-refractivity contribution is 1.21. The van der Waals surface area contributed by atoms with E-state index in [0.717, 1.165) is 6.42 Å². The minimum Gasteiger partial charge on any atom is -0.197 e. The number of hydrogen-bond acceptors (Lipinski definition) is 0. The topological polar surface area (TPSA) is 0 Å². The summed E-state index contributed by atoms with van der Waals surface area (Å²) < 4.78 is 0. The van der Waals surface area contributed by atoms with Crippen LogP contribution in [0.15, 0.2) is 72.8 Å². The molecule has 1 heteroatoms. The van der Waals surface area contributed by atoms with E-state index in [9.17, 15) is 0 Å². The quantitative estimate of drug-likeness (QED) is 0.628. The maximum absolute atomic E-state index is 2.22. The standard InChI is InChI=1S/C17H14.H2S/c1-2-7-14(8-3-1)13-16-11-6-10-15-9-4-5-12-17(15)16;/h1-12H,13H2;1H2. The van der Waals surface area contributed by atoms with Crippen molar-refractivity contribution < 1.29 is 0 Å². The number of fused-ring (bicyclic) bond motifs is 1. The first-order valence-electron chi connectivity index (χ1n) is 5.94. The molecule has 0 saturated heterocycles. The summed E-state index contributed by atoms with van der Waals surface area (Å²) in [7, 11) is 0. The van der Waals surface area contributed by atoms with Gasteiger partial charge in [-0.1, -0.05) is 72.8 Å². The molecule has 0 unspecified atom stereocenters. The summed E-state index contributed by atoms with van der Waals surface area (Å²) in [5, 5.41) is 2.68. The Balaban J connectivity index is 0.00000120. The Bertz CT molecular complexity index is 624. The predicted molar refractivity (Wildman–Crippen MR) is 83.6 cm³/mol. The van der Waals surface area contributed by atoms with Crippen LogP contribution >= 0.6 is 13.5 Å². The van der Waals surface area contributed by atoms with Crippen molar-refractivity contribution in [1.29, 1.82) is 0 Å². The smallest absolute Gasteiger partial charge is 0.00196 e. The Labute approximate surface area is 115 Å². The van der Waals surface area contributed by atoms with E-state index < -0.39 is 0 Å². The Morgan fingerprint density at radius 3 is 2.11 bits per heavy atom. The molecule has 0 atom stereocenters. The first kappa shape index (κ1) is 12.7. The zero-order chi connectivity index (χ0) is 11.5. The van der Waals surface area contributed by atoms with Crippen molar-refractivity contribution in [3.63, 3.8) is 0 Å². The van der Waals surface area contributed by atoms with Gasteiger partial charge in [0, 0.05) is 0 Å². The lowest BCUT2D eigenvalue weighted by atomic mass is 9.99. The van der Waals surface area contributed by atoms with Gasteiger partial charge in [-0.2, -0.15) is 13.5 Å². The monoisotopic (exact) mass is 252 g/mol. The SMILES string of the molecule is S.c1ccc(Cc2cccc3ccccc23)cc1. The van der Waals surface area contributed by atoms with Gasteiger partial charge in [0.1, 0.15) is 0 Å². The Morgan fingerprint density at radius 1 is 0.611 bits per heavy atom. The van der Waals surface area contributed by atoms with Crippen molar-refractivity contribution in [2.75, 3.05) is 0 Å². The molecule has 90 valence electrons. The molecule has 0 fully saturated rings. The van der Waals surface area contributed by atoms with Gasteiger partial charge in [-0.15, -0.1) is 0 Å². The van der Waals surface area contributed by atoms with E-state index >= 15 is 0 Å². The third-order valence-corrected chi connectivity index (χ3v) is 3.12. The largest absolute Gasteiger partial charge is 0.197 e. The molecule has 0 aliphatic heterocycles. The van der Waals surface area contributed by atoms with Crippen LogP contribution in [-0.2, 0) is 6.42 Å². The average Bonchev–Trinajstić information content (AvgIpc) is 2.40. The molecule has 0 radical (unpaired) electrons. The van der Waals surface area contributed by atoms with E-state index in [1.807, 2.05) is 0 Å². The fourth-order valence-corrected chi connectivity index (χ4v) is 2.26. The molecule has 18 heavy (non-hydrogen) atoms. The van der Waals surface area contributed by atoms with Gasteiger partial charge in [0.15, 0.2) is 0 Å². The highest BCUT2D eigenvalue weighted by Crippen LogP contribution is 2.21. The van der Waals surface area contributed by atoms with Crippen molar-refractivity contribution in [1.82, 2.24) is 0 Å². The zero-order valence-electron chi connectivity index (χ0n) is 10.1. The summed E-state index contributed by atoms with van der Waals surface area (Å²) >= 11 is 0. The third-order valence-electron chi connectivity index (χ3n) is 3.12. The number of rotatable bonds is 2. The van der Waals surface area contributed by atoms with Crippen LogP contribution in [0.25, 0.3) is 10.8 Å². The van der Waals surface area contributed by atoms with E-state index in [0.29, 0.717) is 0 Å². The number of benzene rings is 3. The fraction of sp³-hybridized carbons (Fsp3) is 0.0588.